The van der Waals surface area contributed by atoms with Crippen molar-refractivity contribution in [2.75, 3.05) is 18.6 Å². The lowest BCUT2D eigenvalue weighted by Crippen LogP contribution is -2.25. The van der Waals surface area contributed by atoms with E-state index >= 15 is 0 Å². The number of carbonyl (C=O) groups is 1. The third kappa shape index (κ3) is 3.91. The molecule has 1 aromatic carbocycles. The Morgan fingerprint density at radius 1 is 1.18 bits per heavy atom. The van der Waals surface area contributed by atoms with Crippen LogP contribution in [0.5, 0.6) is 0 Å². The van der Waals surface area contributed by atoms with Crippen LogP contribution in [0.2, 0.25) is 0 Å². The van der Waals surface area contributed by atoms with Gasteiger partial charge in [0.1, 0.15) is 0 Å². The summed E-state index contributed by atoms with van der Waals surface area (Å²) in [6, 6.07) is 12.2. The molecular weight excluding hydrogens is 398 g/mol. The minimum Gasteiger partial charge on any atom is -0.337 e. The SMILES string of the molecule is CN(Cc1ccc(Br)s1)C(=O)c1ccc(C2SCCS2)cc1. The van der Waals surface area contributed by atoms with Crippen LogP contribution in [0.4, 0.5) is 0 Å². The molecular formula is C16H16BrNOS3. The Morgan fingerprint density at radius 2 is 1.86 bits per heavy atom. The number of thioether (sulfide) groups is 2. The summed E-state index contributed by atoms with van der Waals surface area (Å²) in [7, 11) is 1.85. The van der Waals surface area contributed by atoms with Gasteiger partial charge in [0.25, 0.3) is 5.91 Å². The minimum absolute atomic E-state index is 0.0720. The zero-order chi connectivity index (χ0) is 15.5. The molecule has 0 radical (unpaired) electrons. The first-order valence-corrected chi connectivity index (χ1v) is 10.7. The van der Waals surface area contributed by atoms with Gasteiger partial charge in [-0.15, -0.1) is 34.9 Å². The molecule has 3 rings (SSSR count). The van der Waals surface area contributed by atoms with Crippen LogP contribution in [-0.2, 0) is 6.54 Å². The summed E-state index contributed by atoms with van der Waals surface area (Å²) in [5.41, 5.74) is 2.07. The van der Waals surface area contributed by atoms with E-state index in [1.165, 1.54) is 21.9 Å². The Hall–Kier alpha value is -0.430. The average Bonchev–Trinajstić information content (AvgIpc) is 3.18. The fraction of sp³-hybridized carbons (Fsp3) is 0.312. The predicted molar refractivity (Wildman–Crippen MR) is 102 cm³/mol. The van der Waals surface area contributed by atoms with Crippen molar-refractivity contribution >= 4 is 56.7 Å². The summed E-state index contributed by atoms with van der Waals surface area (Å²) in [4.78, 5) is 15.4. The number of halogens is 1. The number of thiophene rings is 1. The summed E-state index contributed by atoms with van der Waals surface area (Å²) in [6.07, 6.45) is 0. The molecule has 0 bridgehead atoms. The van der Waals surface area contributed by atoms with Crippen LogP contribution < -0.4 is 0 Å². The Balaban J connectivity index is 1.66. The Kier molecular flexibility index (Phi) is 5.55. The Labute approximate surface area is 151 Å². The van der Waals surface area contributed by atoms with Crippen molar-refractivity contribution in [3.05, 3.63) is 56.2 Å². The first-order chi connectivity index (χ1) is 10.6. The van der Waals surface area contributed by atoms with Crippen LogP contribution in [0.3, 0.4) is 0 Å². The Bertz CT molecular complexity index is 650. The van der Waals surface area contributed by atoms with Crippen molar-refractivity contribution < 1.29 is 4.79 Å². The monoisotopic (exact) mass is 413 g/mol. The standard InChI is InChI=1S/C16H16BrNOS3/c1-18(10-13-6-7-14(17)22-13)15(19)11-2-4-12(5-3-11)16-20-8-9-21-16/h2-7,16H,8-10H2,1H3. The van der Waals surface area contributed by atoms with Gasteiger partial charge in [-0.1, -0.05) is 12.1 Å². The molecule has 116 valence electrons. The molecule has 0 atom stereocenters. The molecule has 0 N–H and O–H groups in total. The topological polar surface area (TPSA) is 20.3 Å². The molecule has 1 aromatic heterocycles. The van der Waals surface area contributed by atoms with Crippen LogP contribution in [0.1, 0.15) is 25.4 Å². The number of hydrogen-bond donors (Lipinski definition) is 0. The molecule has 0 aliphatic carbocycles. The third-order valence-corrected chi connectivity index (χ3v) is 8.13. The normalized spacial score (nSPS) is 15.2. The van der Waals surface area contributed by atoms with Crippen LogP contribution >= 0.6 is 50.8 Å². The predicted octanol–water partition coefficient (Wildman–Crippen LogP) is 5.26. The van der Waals surface area contributed by atoms with E-state index in [0.717, 1.165) is 9.35 Å². The van der Waals surface area contributed by atoms with E-state index in [-0.39, 0.29) is 5.91 Å². The second-order valence-corrected chi connectivity index (χ2v) is 10.3. The second-order valence-electron chi connectivity index (χ2n) is 5.06. The minimum atomic E-state index is 0.0720. The highest BCUT2D eigenvalue weighted by molar-refractivity contribution is 9.11. The van der Waals surface area contributed by atoms with E-state index in [1.54, 1.807) is 16.2 Å². The average molecular weight is 414 g/mol. The molecule has 0 unspecified atom stereocenters. The molecule has 1 amide bonds. The smallest absolute Gasteiger partial charge is 0.253 e. The van der Waals surface area contributed by atoms with Gasteiger partial charge in [-0.25, -0.2) is 0 Å². The van der Waals surface area contributed by atoms with Gasteiger partial charge < -0.3 is 4.90 Å². The molecule has 2 heterocycles. The van der Waals surface area contributed by atoms with Crippen LogP contribution in [0.15, 0.2) is 40.2 Å². The third-order valence-electron chi connectivity index (χ3n) is 3.42. The molecule has 2 nitrogen and oxygen atoms in total. The zero-order valence-electron chi connectivity index (χ0n) is 12.1. The maximum atomic E-state index is 12.5. The molecule has 1 saturated heterocycles. The second kappa shape index (κ2) is 7.43. The van der Waals surface area contributed by atoms with Gasteiger partial charge in [0.15, 0.2) is 0 Å². The van der Waals surface area contributed by atoms with Crippen LogP contribution in [0.25, 0.3) is 0 Å². The zero-order valence-corrected chi connectivity index (χ0v) is 16.2. The van der Waals surface area contributed by atoms with E-state index in [0.29, 0.717) is 11.1 Å². The molecule has 0 spiro atoms. The van der Waals surface area contributed by atoms with Gasteiger partial charge in [0.2, 0.25) is 0 Å². The molecule has 1 aliphatic rings. The molecule has 1 aliphatic heterocycles. The summed E-state index contributed by atoms with van der Waals surface area (Å²) < 4.78 is 1.63. The van der Waals surface area contributed by atoms with Gasteiger partial charge in [-0.05, 0) is 45.8 Å². The molecule has 2 aromatic rings. The van der Waals surface area contributed by atoms with Gasteiger partial charge in [0.05, 0.1) is 14.9 Å². The molecule has 6 heteroatoms. The number of carbonyl (C=O) groups excluding carboxylic acids is 1. The van der Waals surface area contributed by atoms with E-state index < -0.39 is 0 Å². The number of nitrogens with zero attached hydrogens (tertiary/aromatic N) is 1. The van der Waals surface area contributed by atoms with E-state index in [4.69, 9.17) is 0 Å². The Morgan fingerprint density at radius 3 is 2.45 bits per heavy atom. The van der Waals surface area contributed by atoms with Crippen molar-refractivity contribution in [2.24, 2.45) is 0 Å². The highest BCUT2D eigenvalue weighted by atomic mass is 79.9. The molecule has 22 heavy (non-hydrogen) atoms. The maximum Gasteiger partial charge on any atom is 0.253 e. The van der Waals surface area contributed by atoms with Crippen molar-refractivity contribution in [1.29, 1.82) is 0 Å². The first kappa shape index (κ1) is 16.4. The lowest BCUT2D eigenvalue weighted by atomic mass is 10.1. The van der Waals surface area contributed by atoms with Crippen molar-refractivity contribution in [2.45, 2.75) is 11.1 Å². The summed E-state index contributed by atoms with van der Waals surface area (Å²) in [6.45, 7) is 0.644. The van der Waals surface area contributed by atoms with Crippen LogP contribution in [0, 0.1) is 0 Å². The summed E-state index contributed by atoms with van der Waals surface area (Å²) in [5.74, 6) is 2.51. The largest absolute Gasteiger partial charge is 0.337 e. The van der Waals surface area contributed by atoms with Gasteiger partial charge in [0, 0.05) is 29.0 Å². The van der Waals surface area contributed by atoms with Crippen molar-refractivity contribution in [1.82, 2.24) is 4.90 Å². The molecule has 0 saturated carbocycles. The quantitative estimate of drug-likeness (QED) is 0.681. The molecule has 1 fully saturated rings. The fourth-order valence-electron chi connectivity index (χ4n) is 2.30. The lowest BCUT2D eigenvalue weighted by Gasteiger charge is -2.17. The van der Waals surface area contributed by atoms with Crippen molar-refractivity contribution in [3.8, 4) is 0 Å². The number of amides is 1. The van der Waals surface area contributed by atoms with E-state index in [9.17, 15) is 4.79 Å². The first-order valence-electron chi connectivity index (χ1n) is 6.96. The summed E-state index contributed by atoms with van der Waals surface area (Å²) >= 11 is 9.09. The van der Waals surface area contributed by atoms with Gasteiger partial charge in [-0.2, -0.15) is 0 Å². The number of hydrogen-bond acceptors (Lipinski definition) is 4. The van der Waals surface area contributed by atoms with E-state index in [1.807, 2.05) is 48.8 Å². The van der Waals surface area contributed by atoms with Gasteiger partial charge in [-0.3, -0.25) is 4.79 Å². The van der Waals surface area contributed by atoms with E-state index in [2.05, 4.69) is 34.1 Å². The highest BCUT2D eigenvalue weighted by Crippen LogP contribution is 2.45. The fourth-order valence-corrected chi connectivity index (χ4v) is 6.69. The van der Waals surface area contributed by atoms with Crippen molar-refractivity contribution in [3.63, 3.8) is 0 Å². The number of rotatable bonds is 4. The van der Waals surface area contributed by atoms with Crippen LogP contribution in [-0.4, -0.2) is 29.4 Å². The highest BCUT2D eigenvalue weighted by Gasteiger charge is 2.19. The summed E-state index contributed by atoms with van der Waals surface area (Å²) in [5, 5.41) is 0. The number of benzene rings is 1. The maximum absolute atomic E-state index is 12.5. The lowest BCUT2D eigenvalue weighted by molar-refractivity contribution is 0.0786. The van der Waals surface area contributed by atoms with Gasteiger partial charge >= 0.3 is 0 Å².